The third-order valence-corrected chi connectivity index (χ3v) is 3.67. The van der Waals surface area contributed by atoms with Gasteiger partial charge in [-0.2, -0.15) is 0 Å². The zero-order valence-corrected chi connectivity index (χ0v) is 15.0. The van der Waals surface area contributed by atoms with Crippen molar-refractivity contribution in [3.63, 3.8) is 0 Å². The van der Waals surface area contributed by atoms with Crippen LogP contribution in [0.25, 0.3) is 0 Å². The van der Waals surface area contributed by atoms with Gasteiger partial charge in [0.1, 0.15) is 11.5 Å². The Morgan fingerprint density at radius 3 is 1.68 bits per heavy atom. The first-order chi connectivity index (χ1) is 12.0. The van der Waals surface area contributed by atoms with Crippen molar-refractivity contribution in [2.24, 2.45) is 5.92 Å². The van der Waals surface area contributed by atoms with Crippen LogP contribution in [0.2, 0.25) is 0 Å². The molecule has 2 amide bonds. The van der Waals surface area contributed by atoms with Crippen molar-refractivity contribution in [1.29, 1.82) is 0 Å². The number of hydrogen-bond acceptors (Lipinski definition) is 4. The summed E-state index contributed by atoms with van der Waals surface area (Å²) in [6.45, 7) is 4.25. The third kappa shape index (κ3) is 4.59. The maximum Gasteiger partial charge on any atom is 0.260 e. The minimum atomic E-state index is -0.347. The highest BCUT2D eigenvalue weighted by atomic mass is 16.5. The molecule has 132 valence electrons. The van der Waals surface area contributed by atoms with Crippen LogP contribution in [0.3, 0.4) is 0 Å². The number of imide groups is 1. The fourth-order valence-corrected chi connectivity index (χ4v) is 2.45. The number of hydrogen-bond donors (Lipinski definition) is 0. The molecular formula is C20H23NO4. The minimum Gasteiger partial charge on any atom is -0.497 e. The van der Waals surface area contributed by atoms with Crippen molar-refractivity contribution in [2.45, 2.75) is 13.8 Å². The number of rotatable bonds is 6. The molecule has 0 saturated carbocycles. The second-order valence-corrected chi connectivity index (χ2v) is 6.08. The van der Waals surface area contributed by atoms with Crippen LogP contribution < -0.4 is 9.47 Å². The zero-order valence-electron chi connectivity index (χ0n) is 15.0. The number of carbonyl (C=O) groups is 2. The first-order valence-corrected chi connectivity index (χ1v) is 8.10. The molecule has 0 atom stereocenters. The van der Waals surface area contributed by atoms with Gasteiger partial charge < -0.3 is 9.47 Å². The fraction of sp³-hybridized carbons (Fsp3) is 0.300. The molecule has 0 aromatic heterocycles. The summed E-state index contributed by atoms with van der Waals surface area (Å²) < 4.78 is 10.3. The Labute approximate surface area is 148 Å². The van der Waals surface area contributed by atoms with Crippen LogP contribution in [0.4, 0.5) is 0 Å². The lowest BCUT2D eigenvalue weighted by Crippen LogP contribution is -2.39. The maximum atomic E-state index is 12.9. The SMILES string of the molecule is COc1cccc(C(=O)N(CC(C)C)C(=O)c2cccc(OC)c2)c1. The van der Waals surface area contributed by atoms with E-state index in [1.807, 2.05) is 13.8 Å². The molecule has 0 bridgehead atoms. The van der Waals surface area contributed by atoms with Gasteiger partial charge in [-0.1, -0.05) is 26.0 Å². The first kappa shape index (κ1) is 18.5. The van der Waals surface area contributed by atoms with E-state index in [1.54, 1.807) is 48.5 Å². The van der Waals surface area contributed by atoms with E-state index in [1.165, 1.54) is 19.1 Å². The van der Waals surface area contributed by atoms with Gasteiger partial charge in [0.15, 0.2) is 0 Å². The number of amides is 2. The van der Waals surface area contributed by atoms with Gasteiger partial charge in [0.05, 0.1) is 14.2 Å². The van der Waals surface area contributed by atoms with E-state index >= 15 is 0 Å². The molecule has 0 saturated heterocycles. The number of benzene rings is 2. The van der Waals surface area contributed by atoms with Crippen LogP contribution in [-0.4, -0.2) is 37.5 Å². The van der Waals surface area contributed by atoms with Gasteiger partial charge in [-0.25, -0.2) is 0 Å². The van der Waals surface area contributed by atoms with E-state index in [9.17, 15) is 9.59 Å². The molecule has 0 unspecified atom stereocenters. The van der Waals surface area contributed by atoms with Crippen LogP contribution in [0, 0.1) is 5.92 Å². The largest absolute Gasteiger partial charge is 0.497 e. The lowest BCUT2D eigenvalue weighted by Gasteiger charge is -2.23. The van der Waals surface area contributed by atoms with Gasteiger partial charge in [-0.05, 0) is 42.3 Å². The Morgan fingerprint density at radius 1 is 0.880 bits per heavy atom. The van der Waals surface area contributed by atoms with Crippen LogP contribution >= 0.6 is 0 Å². The molecule has 0 spiro atoms. The van der Waals surface area contributed by atoms with Crippen LogP contribution in [0.15, 0.2) is 48.5 Å². The highest BCUT2D eigenvalue weighted by Gasteiger charge is 2.25. The lowest BCUT2D eigenvalue weighted by atomic mass is 10.1. The number of ether oxygens (including phenoxy) is 2. The second-order valence-electron chi connectivity index (χ2n) is 6.08. The molecule has 2 rings (SSSR count). The monoisotopic (exact) mass is 341 g/mol. The Balaban J connectivity index is 2.36. The molecule has 0 fully saturated rings. The normalized spacial score (nSPS) is 10.4. The summed E-state index contributed by atoms with van der Waals surface area (Å²) in [7, 11) is 3.08. The number of methoxy groups -OCH3 is 2. The summed E-state index contributed by atoms with van der Waals surface area (Å²) in [4.78, 5) is 27.1. The maximum absolute atomic E-state index is 12.9. The third-order valence-electron chi connectivity index (χ3n) is 3.67. The molecule has 0 aliphatic heterocycles. The quantitative estimate of drug-likeness (QED) is 0.753. The van der Waals surface area contributed by atoms with E-state index in [-0.39, 0.29) is 17.7 Å². The molecule has 2 aromatic rings. The van der Waals surface area contributed by atoms with Crippen LogP contribution in [0.1, 0.15) is 34.6 Å². The predicted molar refractivity (Wildman–Crippen MR) is 96.2 cm³/mol. The standard InChI is InChI=1S/C20H23NO4/c1-14(2)13-21(19(22)15-7-5-9-17(11-15)24-3)20(23)16-8-6-10-18(12-16)25-4/h5-12,14H,13H2,1-4H3. The average molecular weight is 341 g/mol. The molecule has 0 aliphatic rings. The van der Waals surface area contributed by atoms with Gasteiger partial charge in [-0.15, -0.1) is 0 Å². The van der Waals surface area contributed by atoms with E-state index in [4.69, 9.17) is 9.47 Å². The lowest BCUT2D eigenvalue weighted by molar-refractivity contribution is 0.0597. The Hall–Kier alpha value is -2.82. The molecule has 0 radical (unpaired) electrons. The first-order valence-electron chi connectivity index (χ1n) is 8.10. The molecule has 5 heteroatoms. The highest BCUT2D eigenvalue weighted by molar-refractivity contribution is 6.10. The average Bonchev–Trinajstić information content (AvgIpc) is 2.65. The molecule has 0 N–H and O–H groups in total. The van der Waals surface area contributed by atoms with Gasteiger partial charge >= 0.3 is 0 Å². The van der Waals surface area contributed by atoms with E-state index < -0.39 is 0 Å². The van der Waals surface area contributed by atoms with Crippen molar-refractivity contribution in [1.82, 2.24) is 4.90 Å². The van der Waals surface area contributed by atoms with Crippen molar-refractivity contribution in [2.75, 3.05) is 20.8 Å². The van der Waals surface area contributed by atoms with Crippen molar-refractivity contribution in [3.05, 3.63) is 59.7 Å². The summed E-state index contributed by atoms with van der Waals surface area (Å²) in [5.74, 6) is 0.596. The van der Waals surface area contributed by atoms with Crippen LogP contribution in [-0.2, 0) is 0 Å². The highest BCUT2D eigenvalue weighted by Crippen LogP contribution is 2.19. The smallest absolute Gasteiger partial charge is 0.260 e. The predicted octanol–water partition coefficient (Wildman–Crippen LogP) is 3.64. The molecule has 25 heavy (non-hydrogen) atoms. The summed E-state index contributed by atoms with van der Waals surface area (Å²) >= 11 is 0. The Morgan fingerprint density at radius 2 is 1.32 bits per heavy atom. The van der Waals surface area contributed by atoms with E-state index in [2.05, 4.69) is 0 Å². The van der Waals surface area contributed by atoms with E-state index in [0.29, 0.717) is 29.2 Å². The fourth-order valence-electron chi connectivity index (χ4n) is 2.45. The van der Waals surface area contributed by atoms with Crippen molar-refractivity contribution in [3.8, 4) is 11.5 Å². The summed E-state index contributed by atoms with van der Waals surface area (Å²) in [5.41, 5.74) is 0.826. The number of nitrogens with zero attached hydrogens (tertiary/aromatic N) is 1. The van der Waals surface area contributed by atoms with Gasteiger partial charge in [0, 0.05) is 17.7 Å². The van der Waals surface area contributed by atoms with Gasteiger partial charge in [0.2, 0.25) is 0 Å². The second kappa shape index (κ2) is 8.33. The number of carbonyl (C=O) groups excluding carboxylic acids is 2. The van der Waals surface area contributed by atoms with Gasteiger partial charge in [0.25, 0.3) is 11.8 Å². The topological polar surface area (TPSA) is 55.8 Å². The van der Waals surface area contributed by atoms with Gasteiger partial charge in [-0.3, -0.25) is 14.5 Å². The minimum absolute atomic E-state index is 0.143. The van der Waals surface area contributed by atoms with Crippen molar-refractivity contribution < 1.29 is 19.1 Å². The molecule has 2 aromatic carbocycles. The summed E-state index contributed by atoms with van der Waals surface area (Å²) in [6, 6.07) is 13.6. The Kier molecular flexibility index (Phi) is 6.17. The van der Waals surface area contributed by atoms with Crippen molar-refractivity contribution >= 4 is 11.8 Å². The van der Waals surface area contributed by atoms with Crippen LogP contribution in [0.5, 0.6) is 11.5 Å². The summed E-state index contributed by atoms with van der Waals surface area (Å²) in [5, 5.41) is 0. The van der Waals surface area contributed by atoms with E-state index in [0.717, 1.165) is 0 Å². The summed E-state index contributed by atoms with van der Waals surface area (Å²) in [6.07, 6.45) is 0. The Bertz CT molecular complexity index is 695. The molecule has 5 nitrogen and oxygen atoms in total. The zero-order chi connectivity index (χ0) is 18.4. The molecular weight excluding hydrogens is 318 g/mol. The molecule has 0 aliphatic carbocycles. The molecule has 0 heterocycles.